The second-order valence-corrected chi connectivity index (χ2v) is 4.54. The van der Waals surface area contributed by atoms with Crippen molar-refractivity contribution in [1.29, 1.82) is 0 Å². The number of aliphatic imine (C=N–C) groups is 1. The minimum atomic E-state index is 0.492. The molecule has 0 radical (unpaired) electrons. The zero-order valence-electron chi connectivity index (χ0n) is 8.37. The van der Waals surface area contributed by atoms with Crippen LogP contribution in [0.5, 0.6) is 0 Å². The van der Waals surface area contributed by atoms with E-state index in [0.717, 1.165) is 19.0 Å². The molecule has 0 saturated carbocycles. The average Bonchev–Trinajstić information content (AvgIpc) is 2.29. The summed E-state index contributed by atoms with van der Waals surface area (Å²) in [4.78, 5) is 6.94. The number of nitrogens with zero attached hydrogens (tertiary/aromatic N) is 2. The first kappa shape index (κ1) is 9.90. The predicted octanol–water partition coefficient (Wildman–Crippen LogP) is 2.07. The molecular weight excluding hydrogens is 168 g/mol. The lowest BCUT2D eigenvalue weighted by Crippen LogP contribution is -2.30. The molecule has 1 heterocycles. The molecule has 1 atom stereocenters. The summed E-state index contributed by atoms with van der Waals surface area (Å²) < 4.78 is 0. The Hall–Kier alpha value is -0.180. The third kappa shape index (κ3) is 2.41. The van der Waals surface area contributed by atoms with Crippen LogP contribution >= 0.6 is 11.8 Å². The monoisotopic (exact) mass is 186 g/mol. The van der Waals surface area contributed by atoms with E-state index in [1.54, 1.807) is 11.8 Å². The van der Waals surface area contributed by atoms with Crippen molar-refractivity contribution in [2.45, 2.75) is 26.8 Å². The predicted molar refractivity (Wildman–Crippen MR) is 56.8 cm³/mol. The molecule has 70 valence electrons. The highest BCUT2D eigenvalue weighted by atomic mass is 32.2. The van der Waals surface area contributed by atoms with Crippen molar-refractivity contribution < 1.29 is 0 Å². The summed E-state index contributed by atoms with van der Waals surface area (Å²) in [6.07, 6.45) is 2.10. The molecular formula is C9H18N2S. The molecule has 0 fully saturated rings. The quantitative estimate of drug-likeness (QED) is 0.656. The van der Waals surface area contributed by atoms with E-state index >= 15 is 0 Å². The van der Waals surface area contributed by atoms with Gasteiger partial charge in [-0.1, -0.05) is 25.6 Å². The number of hydrogen-bond acceptors (Lipinski definition) is 3. The molecule has 1 aliphatic heterocycles. The van der Waals surface area contributed by atoms with Gasteiger partial charge in [0.25, 0.3) is 0 Å². The van der Waals surface area contributed by atoms with Crippen LogP contribution in [0.2, 0.25) is 0 Å². The summed E-state index contributed by atoms with van der Waals surface area (Å²) in [5.74, 6) is 0.729. The molecule has 0 unspecified atom stereocenters. The van der Waals surface area contributed by atoms with Gasteiger partial charge in [-0.15, -0.1) is 0 Å². The minimum absolute atomic E-state index is 0.492. The average molecular weight is 186 g/mol. The third-order valence-electron chi connectivity index (χ3n) is 1.85. The van der Waals surface area contributed by atoms with Crippen molar-refractivity contribution in [3.8, 4) is 0 Å². The zero-order chi connectivity index (χ0) is 9.14. The Morgan fingerprint density at radius 2 is 2.33 bits per heavy atom. The summed E-state index contributed by atoms with van der Waals surface area (Å²) >= 11 is 1.76. The molecule has 0 aliphatic carbocycles. The van der Waals surface area contributed by atoms with Crippen molar-refractivity contribution >= 4 is 16.9 Å². The van der Waals surface area contributed by atoms with E-state index in [4.69, 9.17) is 0 Å². The summed E-state index contributed by atoms with van der Waals surface area (Å²) in [7, 11) is 0. The molecule has 1 rings (SSSR count). The molecule has 0 aromatic heterocycles. The van der Waals surface area contributed by atoms with Crippen LogP contribution < -0.4 is 0 Å². The molecule has 2 nitrogen and oxygen atoms in total. The van der Waals surface area contributed by atoms with Crippen LogP contribution in [0.25, 0.3) is 0 Å². The van der Waals surface area contributed by atoms with Crippen LogP contribution in [0, 0.1) is 5.92 Å². The summed E-state index contributed by atoms with van der Waals surface area (Å²) in [6, 6.07) is 0.492. The fourth-order valence-corrected chi connectivity index (χ4v) is 2.18. The third-order valence-corrected chi connectivity index (χ3v) is 2.58. The Kier molecular flexibility index (Phi) is 3.44. The van der Waals surface area contributed by atoms with E-state index in [0.29, 0.717) is 6.04 Å². The maximum Gasteiger partial charge on any atom is 0.159 e. The van der Waals surface area contributed by atoms with Crippen molar-refractivity contribution in [2.24, 2.45) is 10.9 Å². The molecule has 3 heteroatoms. The van der Waals surface area contributed by atoms with Gasteiger partial charge >= 0.3 is 0 Å². The molecule has 12 heavy (non-hydrogen) atoms. The van der Waals surface area contributed by atoms with Crippen LogP contribution in [0.1, 0.15) is 20.8 Å². The van der Waals surface area contributed by atoms with E-state index in [1.807, 2.05) is 0 Å². The Morgan fingerprint density at radius 1 is 1.67 bits per heavy atom. The number of amidine groups is 1. The summed E-state index contributed by atoms with van der Waals surface area (Å²) in [5, 5.41) is 1.22. The van der Waals surface area contributed by atoms with Crippen LogP contribution in [-0.2, 0) is 0 Å². The van der Waals surface area contributed by atoms with Gasteiger partial charge in [0.1, 0.15) is 0 Å². The molecule has 1 aliphatic rings. The lowest BCUT2D eigenvalue weighted by atomic mass is 10.2. The van der Waals surface area contributed by atoms with Crippen LogP contribution in [0.3, 0.4) is 0 Å². The highest BCUT2D eigenvalue weighted by Gasteiger charge is 2.21. The maximum absolute atomic E-state index is 4.55. The van der Waals surface area contributed by atoms with E-state index in [2.05, 4.69) is 36.9 Å². The van der Waals surface area contributed by atoms with Crippen molar-refractivity contribution in [3.05, 3.63) is 0 Å². The standard InChI is InChI=1S/C9H18N2S/c1-7(2)5-11-6-8(3)10-9(11)12-4/h7-8H,5-6H2,1-4H3/t8-/m0/s1. The van der Waals surface area contributed by atoms with Gasteiger partial charge in [0.15, 0.2) is 5.17 Å². The number of thioether (sulfide) groups is 1. The van der Waals surface area contributed by atoms with Gasteiger partial charge in [0.05, 0.1) is 6.04 Å². The van der Waals surface area contributed by atoms with Gasteiger partial charge in [0, 0.05) is 13.1 Å². The molecule has 0 bridgehead atoms. The Morgan fingerprint density at radius 3 is 2.83 bits per heavy atom. The lowest BCUT2D eigenvalue weighted by molar-refractivity contribution is 0.381. The molecule has 0 aromatic carbocycles. The largest absolute Gasteiger partial charge is 0.349 e. The van der Waals surface area contributed by atoms with Gasteiger partial charge in [-0.05, 0) is 19.1 Å². The normalized spacial score (nSPS) is 23.6. The van der Waals surface area contributed by atoms with E-state index in [1.165, 1.54) is 5.17 Å². The van der Waals surface area contributed by atoms with E-state index in [-0.39, 0.29) is 0 Å². The fourth-order valence-electron chi connectivity index (χ4n) is 1.48. The van der Waals surface area contributed by atoms with Gasteiger partial charge in [-0.3, -0.25) is 4.99 Å². The Labute approximate surface area is 79.4 Å². The fraction of sp³-hybridized carbons (Fsp3) is 0.889. The zero-order valence-corrected chi connectivity index (χ0v) is 9.19. The van der Waals surface area contributed by atoms with Crippen LogP contribution in [0.4, 0.5) is 0 Å². The van der Waals surface area contributed by atoms with E-state index in [9.17, 15) is 0 Å². The van der Waals surface area contributed by atoms with Gasteiger partial charge < -0.3 is 4.90 Å². The van der Waals surface area contributed by atoms with Gasteiger partial charge in [0.2, 0.25) is 0 Å². The second kappa shape index (κ2) is 4.17. The first-order valence-electron chi connectivity index (χ1n) is 4.50. The first-order valence-corrected chi connectivity index (χ1v) is 5.72. The van der Waals surface area contributed by atoms with Gasteiger partial charge in [-0.25, -0.2) is 0 Å². The SMILES string of the molecule is CSC1=N[C@@H](C)CN1CC(C)C. The van der Waals surface area contributed by atoms with Crippen molar-refractivity contribution in [2.75, 3.05) is 19.3 Å². The highest BCUT2D eigenvalue weighted by molar-refractivity contribution is 8.13. The van der Waals surface area contributed by atoms with Crippen molar-refractivity contribution in [1.82, 2.24) is 4.90 Å². The molecule has 0 saturated heterocycles. The highest BCUT2D eigenvalue weighted by Crippen LogP contribution is 2.17. The molecule has 0 amide bonds. The number of hydrogen-bond donors (Lipinski definition) is 0. The number of rotatable bonds is 2. The Balaban J connectivity index is 2.50. The smallest absolute Gasteiger partial charge is 0.159 e. The summed E-state index contributed by atoms with van der Waals surface area (Å²) in [5.41, 5.74) is 0. The van der Waals surface area contributed by atoms with Crippen LogP contribution in [-0.4, -0.2) is 35.5 Å². The summed E-state index contributed by atoms with van der Waals surface area (Å²) in [6.45, 7) is 8.93. The van der Waals surface area contributed by atoms with Crippen LogP contribution in [0.15, 0.2) is 4.99 Å². The molecule has 0 N–H and O–H groups in total. The first-order chi connectivity index (χ1) is 5.63. The molecule has 0 aromatic rings. The minimum Gasteiger partial charge on any atom is -0.349 e. The maximum atomic E-state index is 4.55. The van der Waals surface area contributed by atoms with Gasteiger partial charge in [-0.2, -0.15) is 0 Å². The second-order valence-electron chi connectivity index (χ2n) is 3.76. The van der Waals surface area contributed by atoms with E-state index < -0.39 is 0 Å². The topological polar surface area (TPSA) is 15.6 Å². The lowest BCUT2D eigenvalue weighted by Gasteiger charge is -2.21. The molecule has 0 spiro atoms. The van der Waals surface area contributed by atoms with Crippen molar-refractivity contribution in [3.63, 3.8) is 0 Å². The Bertz CT molecular complexity index is 177.